The van der Waals surface area contributed by atoms with E-state index in [1.807, 2.05) is 24.3 Å². The largest absolute Gasteiger partial charge is 0.345 e. The SMILES string of the molecule is CN(C)C(=O)c1ccc(NC(=O)c2sc3ccccc3c2Cl)cc1. The fourth-order valence-electron chi connectivity index (χ4n) is 2.30. The van der Waals surface area contributed by atoms with Crippen molar-refractivity contribution in [3.63, 3.8) is 0 Å². The molecule has 4 nitrogen and oxygen atoms in total. The first-order valence-corrected chi connectivity index (χ1v) is 8.47. The number of hydrogen-bond acceptors (Lipinski definition) is 3. The highest BCUT2D eigenvalue weighted by Crippen LogP contribution is 2.35. The van der Waals surface area contributed by atoms with Gasteiger partial charge >= 0.3 is 0 Å². The van der Waals surface area contributed by atoms with Gasteiger partial charge < -0.3 is 10.2 Å². The number of anilines is 1. The fraction of sp³-hybridized carbons (Fsp3) is 0.111. The Hall–Kier alpha value is -2.37. The zero-order valence-corrected chi connectivity index (χ0v) is 14.7. The maximum absolute atomic E-state index is 12.5. The van der Waals surface area contributed by atoms with E-state index in [-0.39, 0.29) is 11.8 Å². The van der Waals surface area contributed by atoms with Crippen LogP contribution < -0.4 is 5.32 Å². The highest BCUT2D eigenvalue weighted by atomic mass is 35.5. The summed E-state index contributed by atoms with van der Waals surface area (Å²) >= 11 is 7.68. The monoisotopic (exact) mass is 358 g/mol. The van der Waals surface area contributed by atoms with E-state index in [1.54, 1.807) is 38.4 Å². The van der Waals surface area contributed by atoms with Crippen molar-refractivity contribution < 1.29 is 9.59 Å². The average Bonchev–Trinajstić information content (AvgIpc) is 2.92. The van der Waals surface area contributed by atoms with Gasteiger partial charge in [0.05, 0.1) is 5.02 Å². The summed E-state index contributed by atoms with van der Waals surface area (Å²) < 4.78 is 0.972. The molecule has 0 saturated carbocycles. The van der Waals surface area contributed by atoms with E-state index in [1.165, 1.54) is 16.2 Å². The Labute approximate surface area is 148 Å². The maximum atomic E-state index is 12.5. The Balaban J connectivity index is 1.81. The number of halogens is 1. The molecule has 0 atom stereocenters. The second kappa shape index (κ2) is 6.63. The summed E-state index contributed by atoms with van der Waals surface area (Å²) in [5.41, 5.74) is 1.18. The van der Waals surface area contributed by atoms with Gasteiger partial charge in [0, 0.05) is 35.4 Å². The number of amides is 2. The van der Waals surface area contributed by atoms with E-state index >= 15 is 0 Å². The Kier molecular flexibility index (Phi) is 4.55. The predicted molar refractivity (Wildman–Crippen MR) is 99.2 cm³/mol. The van der Waals surface area contributed by atoms with Gasteiger partial charge in [-0.3, -0.25) is 9.59 Å². The summed E-state index contributed by atoms with van der Waals surface area (Å²) in [6, 6.07) is 14.4. The molecule has 0 bridgehead atoms. The standard InChI is InChI=1S/C18H15ClN2O2S/c1-21(2)18(23)11-7-9-12(10-8-11)20-17(22)16-15(19)13-5-3-4-6-14(13)24-16/h3-10H,1-2H3,(H,20,22). The molecule has 0 radical (unpaired) electrons. The normalized spacial score (nSPS) is 10.6. The molecule has 3 rings (SSSR count). The van der Waals surface area contributed by atoms with Crippen LogP contribution in [0.2, 0.25) is 5.02 Å². The Morgan fingerprint density at radius 1 is 1.04 bits per heavy atom. The molecule has 0 saturated heterocycles. The third-order valence-electron chi connectivity index (χ3n) is 3.54. The zero-order chi connectivity index (χ0) is 17.3. The third kappa shape index (κ3) is 3.13. The Morgan fingerprint density at radius 2 is 1.71 bits per heavy atom. The number of carbonyl (C=O) groups excluding carboxylic acids is 2. The Morgan fingerprint density at radius 3 is 2.33 bits per heavy atom. The molecule has 1 N–H and O–H groups in total. The number of nitrogens with zero attached hydrogens (tertiary/aromatic N) is 1. The van der Waals surface area contributed by atoms with Gasteiger partial charge in [0.25, 0.3) is 11.8 Å². The van der Waals surface area contributed by atoms with Gasteiger partial charge in [0.1, 0.15) is 4.88 Å². The van der Waals surface area contributed by atoms with Crippen LogP contribution in [0.25, 0.3) is 10.1 Å². The number of hydrogen-bond donors (Lipinski definition) is 1. The lowest BCUT2D eigenvalue weighted by Gasteiger charge is -2.10. The molecule has 0 unspecified atom stereocenters. The summed E-state index contributed by atoms with van der Waals surface area (Å²) in [5.74, 6) is -0.340. The van der Waals surface area contributed by atoms with E-state index in [4.69, 9.17) is 11.6 Å². The quantitative estimate of drug-likeness (QED) is 0.748. The number of benzene rings is 2. The second-order valence-electron chi connectivity index (χ2n) is 5.47. The van der Waals surface area contributed by atoms with Crippen molar-refractivity contribution in [2.24, 2.45) is 0 Å². The summed E-state index contributed by atoms with van der Waals surface area (Å²) in [6.45, 7) is 0. The van der Waals surface area contributed by atoms with Gasteiger partial charge in [-0.25, -0.2) is 0 Å². The van der Waals surface area contributed by atoms with Crippen LogP contribution in [0.5, 0.6) is 0 Å². The molecule has 2 amide bonds. The highest BCUT2D eigenvalue weighted by molar-refractivity contribution is 7.21. The molecular weight excluding hydrogens is 344 g/mol. The van der Waals surface area contributed by atoms with E-state index in [0.717, 1.165) is 10.1 Å². The molecule has 6 heteroatoms. The Bertz CT molecular complexity index is 916. The first-order valence-electron chi connectivity index (χ1n) is 7.27. The van der Waals surface area contributed by atoms with Crippen molar-refractivity contribution in [3.05, 3.63) is 64.0 Å². The van der Waals surface area contributed by atoms with E-state index < -0.39 is 0 Å². The van der Waals surface area contributed by atoms with Gasteiger partial charge in [0.15, 0.2) is 0 Å². The van der Waals surface area contributed by atoms with Crippen LogP contribution in [-0.4, -0.2) is 30.8 Å². The smallest absolute Gasteiger partial charge is 0.267 e. The van der Waals surface area contributed by atoms with Gasteiger partial charge in [-0.1, -0.05) is 29.8 Å². The summed E-state index contributed by atoms with van der Waals surface area (Å²) in [4.78, 5) is 26.3. The molecule has 0 fully saturated rings. The molecule has 1 aromatic heterocycles. The fourth-order valence-corrected chi connectivity index (χ4v) is 3.71. The lowest BCUT2D eigenvalue weighted by Crippen LogP contribution is -2.21. The van der Waals surface area contributed by atoms with Crippen molar-refractivity contribution >= 4 is 50.5 Å². The molecule has 0 aliphatic heterocycles. The first kappa shape index (κ1) is 16.5. The minimum Gasteiger partial charge on any atom is -0.345 e. The lowest BCUT2D eigenvalue weighted by molar-refractivity contribution is 0.0827. The molecule has 0 aliphatic rings. The molecule has 3 aromatic rings. The van der Waals surface area contributed by atoms with Gasteiger partial charge in [-0.15, -0.1) is 11.3 Å². The summed E-state index contributed by atoms with van der Waals surface area (Å²) in [7, 11) is 3.39. The molecule has 1 heterocycles. The first-order chi connectivity index (χ1) is 11.5. The van der Waals surface area contributed by atoms with E-state index in [0.29, 0.717) is 21.2 Å². The average molecular weight is 359 g/mol. The number of fused-ring (bicyclic) bond motifs is 1. The molecular formula is C18H15ClN2O2S. The van der Waals surface area contributed by atoms with Gasteiger partial charge in [0.2, 0.25) is 0 Å². The predicted octanol–water partition coefficient (Wildman–Crippen LogP) is 4.51. The van der Waals surface area contributed by atoms with Crippen LogP contribution in [0.15, 0.2) is 48.5 Å². The molecule has 2 aromatic carbocycles. The summed E-state index contributed by atoms with van der Waals surface area (Å²) in [6.07, 6.45) is 0. The van der Waals surface area contributed by atoms with Crippen molar-refractivity contribution in [2.45, 2.75) is 0 Å². The van der Waals surface area contributed by atoms with Crippen molar-refractivity contribution in [1.82, 2.24) is 4.90 Å². The number of thiophene rings is 1. The van der Waals surface area contributed by atoms with Crippen LogP contribution in [-0.2, 0) is 0 Å². The summed E-state index contributed by atoms with van der Waals surface area (Å²) in [5, 5.41) is 4.16. The minimum atomic E-state index is -0.257. The molecule has 122 valence electrons. The highest BCUT2D eigenvalue weighted by Gasteiger charge is 2.17. The molecule has 24 heavy (non-hydrogen) atoms. The minimum absolute atomic E-state index is 0.0829. The number of nitrogens with one attached hydrogen (secondary N) is 1. The third-order valence-corrected chi connectivity index (χ3v) is 5.21. The van der Waals surface area contributed by atoms with Gasteiger partial charge in [-0.05, 0) is 30.3 Å². The number of carbonyl (C=O) groups is 2. The molecule has 0 spiro atoms. The zero-order valence-electron chi connectivity index (χ0n) is 13.2. The van der Waals surface area contributed by atoms with Crippen LogP contribution in [0, 0.1) is 0 Å². The van der Waals surface area contributed by atoms with Crippen molar-refractivity contribution in [1.29, 1.82) is 0 Å². The van der Waals surface area contributed by atoms with Crippen molar-refractivity contribution in [3.8, 4) is 0 Å². The van der Waals surface area contributed by atoms with Crippen LogP contribution in [0.3, 0.4) is 0 Å². The molecule has 0 aliphatic carbocycles. The van der Waals surface area contributed by atoms with E-state index in [2.05, 4.69) is 5.32 Å². The van der Waals surface area contributed by atoms with E-state index in [9.17, 15) is 9.59 Å². The van der Waals surface area contributed by atoms with Crippen molar-refractivity contribution in [2.75, 3.05) is 19.4 Å². The van der Waals surface area contributed by atoms with Gasteiger partial charge in [-0.2, -0.15) is 0 Å². The second-order valence-corrected chi connectivity index (χ2v) is 6.90. The topological polar surface area (TPSA) is 49.4 Å². The number of rotatable bonds is 3. The maximum Gasteiger partial charge on any atom is 0.267 e. The van der Waals surface area contributed by atoms with Crippen LogP contribution in [0.1, 0.15) is 20.0 Å². The lowest BCUT2D eigenvalue weighted by atomic mass is 10.2. The van der Waals surface area contributed by atoms with Crippen LogP contribution >= 0.6 is 22.9 Å². The van der Waals surface area contributed by atoms with Crippen LogP contribution in [0.4, 0.5) is 5.69 Å².